The number of nitrogens with two attached hydrogens (primary N) is 1. The summed E-state index contributed by atoms with van der Waals surface area (Å²) in [4.78, 5) is 16.0. The third kappa shape index (κ3) is 2.07. The van der Waals surface area contributed by atoms with Crippen LogP contribution in [0, 0.1) is 23.7 Å². The minimum atomic E-state index is 0.0346. The van der Waals surface area contributed by atoms with Crippen molar-refractivity contribution >= 4 is 11.9 Å². The summed E-state index contributed by atoms with van der Waals surface area (Å²) in [5.41, 5.74) is 5.46. The van der Waals surface area contributed by atoms with Crippen LogP contribution in [-0.4, -0.2) is 26.7 Å². The second kappa shape index (κ2) is 4.46. The Hall–Kier alpha value is -1.59. The molecule has 108 valence electrons. The monoisotopic (exact) mass is 275 g/mol. The number of carbonyl (C=O) groups excluding carboxylic acids is 1. The van der Waals surface area contributed by atoms with E-state index in [1.807, 2.05) is 0 Å². The average Bonchev–Trinajstić information content (AvgIpc) is 2.78. The first-order valence-electron chi connectivity index (χ1n) is 7.61. The summed E-state index contributed by atoms with van der Waals surface area (Å²) in [5, 5.41) is 7.21. The van der Waals surface area contributed by atoms with Crippen LogP contribution in [-0.2, 0) is 11.3 Å². The van der Waals surface area contributed by atoms with Crippen molar-refractivity contribution in [2.75, 3.05) is 5.73 Å². The molecule has 1 amide bonds. The predicted molar refractivity (Wildman–Crippen MR) is 73.4 cm³/mol. The maximum atomic E-state index is 12.2. The van der Waals surface area contributed by atoms with E-state index in [9.17, 15) is 4.79 Å². The SMILES string of the molecule is Nc1ncn(CC(=O)NC2C3CC4CC(C3)CC2C4)n1. The molecule has 1 aromatic heterocycles. The first-order chi connectivity index (χ1) is 9.67. The molecule has 4 fully saturated rings. The molecule has 0 atom stereocenters. The second-order valence-corrected chi connectivity index (χ2v) is 6.82. The lowest BCUT2D eigenvalue weighted by Gasteiger charge is -2.54. The first kappa shape index (κ1) is 12.2. The fourth-order valence-corrected chi connectivity index (χ4v) is 4.92. The number of nitrogen functional groups attached to an aromatic ring is 1. The van der Waals surface area contributed by atoms with E-state index in [1.54, 1.807) is 0 Å². The van der Waals surface area contributed by atoms with Gasteiger partial charge in [0.2, 0.25) is 11.9 Å². The summed E-state index contributed by atoms with van der Waals surface area (Å²) in [6.07, 6.45) is 8.20. The van der Waals surface area contributed by atoms with Gasteiger partial charge in [0.05, 0.1) is 0 Å². The van der Waals surface area contributed by atoms with Crippen molar-refractivity contribution in [3.63, 3.8) is 0 Å². The van der Waals surface area contributed by atoms with Gasteiger partial charge in [-0.05, 0) is 55.8 Å². The van der Waals surface area contributed by atoms with E-state index >= 15 is 0 Å². The molecule has 20 heavy (non-hydrogen) atoms. The summed E-state index contributed by atoms with van der Waals surface area (Å²) in [5.74, 6) is 3.52. The molecule has 6 nitrogen and oxygen atoms in total. The Kier molecular flexibility index (Phi) is 2.72. The molecule has 4 bridgehead atoms. The van der Waals surface area contributed by atoms with Gasteiger partial charge in [-0.25, -0.2) is 9.67 Å². The second-order valence-electron chi connectivity index (χ2n) is 6.82. The summed E-state index contributed by atoms with van der Waals surface area (Å²) in [6, 6.07) is 0.385. The highest BCUT2D eigenvalue weighted by Gasteiger charge is 2.48. The molecular weight excluding hydrogens is 254 g/mol. The highest BCUT2D eigenvalue weighted by atomic mass is 16.2. The highest BCUT2D eigenvalue weighted by Crippen LogP contribution is 2.53. The number of hydrogen-bond acceptors (Lipinski definition) is 4. The number of rotatable bonds is 3. The fourth-order valence-electron chi connectivity index (χ4n) is 4.92. The van der Waals surface area contributed by atoms with Crippen molar-refractivity contribution < 1.29 is 4.79 Å². The number of hydrogen-bond donors (Lipinski definition) is 2. The Morgan fingerprint density at radius 2 is 1.90 bits per heavy atom. The van der Waals surface area contributed by atoms with Crippen LogP contribution in [0.15, 0.2) is 6.33 Å². The third-order valence-corrected chi connectivity index (χ3v) is 5.41. The van der Waals surface area contributed by atoms with Crippen LogP contribution < -0.4 is 11.1 Å². The zero-order chi connectivity index (χ0) is 13.7. The zero-order valence-corrected chi connectivity index (χ0v) is 11.5. The van der Waals surface area contributed by atoms with Crippen LogP contribution >= 0.6 is 0 Å². The Morgan fingerprint density at radius 3 is 2.45 bits per heavy atom. The molecular formula is C14H21N5O. The summed E-state index contributed by atoms with van der Waals surface area (Å²) < 4.78 is 1.50. The van der Waals surface area contributed by atoms with Gasteiger partial charge in [0.15, 0.2) is 0 Å². The number of anilines is 1. The lowest BCUT2D eigenvalue weighted by Crippen LogP contribution is -2.56. The number of nitrogens with zero attached hydrogens (tertiary/aromatic N) is 3. The van der Waals surface area contributed by atoms with Crippen molar-refractivity contribution in [2.45, 2.75) is 44.7 Å². The van der Waals surface area contributed by atoms with Crippen LogP contribution in [0.25, 0.3) is 0 Å². The molecule has 4 aliphatic carbocycles. The molecule has 0 unspecified atom stereocenters. The molecule has 1 aromatic rings. The average molecular weight is 275 g/mol. The number of aromatic nitrogens is 3. The third-order valence-electron chi connectivity index (χ3n) is 5.41. The van der Waals surface area contributed by atoms with Gasteiger partial charge in [0.25, 0.3) is 0 Å². The van der Waals surface area contributed by atoms with E-state index in [2.05, 4.69) is 15.4 Å². The molecule has 0 saturated heterocycles. The van der Waals surface area contributed by atoms with E-state index in [4.69, 9.17) is 5.73 Å². The molecule has 1 heterocycles. The summed E-state index contributed by atoms with van der Waals surface area (Å²) in [6.45, 7) is 0.215. The molecule has 0 aromatic carbocycles. The summed E-state index contributed by atoms with van der Waals surface area (Å²) in [7, 11) is 0. The van der Waals surface area contributed by atoms with Crippen molar-refractivity contribution in [1.29, 1.82) is 0 Å². The van der Waals surface area contributed by atoms with Gasteiger partial charge in [0.1, 0.15) is 12.9 Å². The lowest BCUT2D eigenvalue weighted by molar-refractivity contribution is -0.125. The Bertz CT molecular complexity index is 497. The maximum Gasteiger partial charge on any atom is 0.242 e. The van der Waals surface area contributed by atoms with Gasteiger partial charge in [-0.2, -0.15) is 0 Å². The van der Waals surface area contributed by atoms with E-state index in [-0.39, 0.29) is 18.4 Å². The molecule has 5 rings (SSSR count). The smallest absolute Gasteiger partial charge is 0.242 e. The minimum absolute atomic E-state index is 0.0346. The maximum absolute atomic E-state index is 12.2. The van der Waals surface area contributed by atoms with Gasteiger partial charge in [0, 0.05) is 6.04 Å². The number of amides is 1. The molecule has 0 aliphatic heterocycles. The summed E-state index contributed by atoms with van der Waals surface area (Å²) >= 11 is 0. The quantitative estimate of drug-likeness (QED) is 0.854. The van der Waals surface area contributed by atoms with Crippen LogP contribution in [0.1, 0.15) is 32.1 Å². The molecule has 6 heteroatoms. The van der Waals surface area contributed by atoms with Gasteiger partial charge in [-0.1, -0.05) is 0 Å². The molecule has 4 aliphatic rings. The standard InChI is InChI=1S/C14H21N5O/c15-14-16-7-19(18-14)6-12(20)17-13-10-2-8-1-9(4-10)5-11(13)3-8/h7-11,13H,1-6H2,(H2,15,18)(H,17,20). The predicted octanol–water partition coefficient (Wildman–Crippen LogP) is 0.801. The first-order valence-corrected chi connectivity index (χ1v) is 7.61. The molecule has 3 N–H and O–H groups in total. The van der Waals surface area contributed by atoms with Crippen molar-refractivity contribution in [3.8, 4) is 0 Å². The van der Waals surface area contributed by atoms with Crippen LogP contribution in [0.3, 0.4) is 0 Å². The molecule has 0 spiro atoms. The van der Waals surface area contributed by atoms with Crippen LogP contribution in [0.4, 0.5) is 5.95 Å². The van der Waals surface area contributed by atoms with Gasteiger partial charge in [-0.3, -0.25) is 4.79 Å². The Morgan fingerprint density at radius 1 is 1.25 bits per heavy atom. The van der Waals surface area contributed by atoms with E-state index < -0.39 is 0 Å². The van der Waals surface area contributed by atoms with E-state index in [1.165, 1.54) is 43.1 Å². The Balaban J connectivity index is 1.40. The lowest BCUT2D eigenvalue weighted by atomic mass is 9.54. The van der Waals surface area contributed by atoms with Gasteiger partial charge in [-0.15, -0.1) is 5.10 Å². The molecule has 4 saturated carbocycles. The molecule has 0 radical (unpaired) electrons. The van der Waals surface area contributed by atoms with Crippen molar-refractivity contribution in [3.05, 3.63) is 6.33 Å². The highest BCUT2D eigenvalue weighted by molar-refractivity contribution is 5.76. The van der Waals surface area contributed by atoms with Crippen molar-refractivity contribution in [1.82, 2.24) is 20.1 Å². The van der Waals surface area contributed by atoms with Crippen LogP contribution in [0.5, 0.6) is 0 Å². The Labute approximate surface area is 118 Å². The normalized spacial score (nSPS) is 38.1. The fraction of sp³-hybridized carbons (Fsp3) is 0.786. The van der Waals surface area contributed by atoms with E-state index in [0.717, 1.165) is 11.8 Å². The van der Waals surface area contributed by atoms with E-state index in [0.29, 0.717) is 17.9 Å². The minimum Gasteiger partial charge on any atom is -0.367 e. The largest absolute Gasteiger partial charge is 0.367 e. The van der Waals surface area contributed by atoms with Crippen molar-refractivity contribution in [2.24, 2.45) is 23.7 Å². The number of nitrogens with one attached hydrogen (secondary N) is 1. The van der Waals surface area contributed by atoms with Gasteiger partial charge >= 0.3 is 0 Å². The van der Waals surface area contributed by atoms with Gasteiger partial charge < -0.3 is 11.1 Å². The van der Waals surface area contributed by atoms with Crippen LogP contribution in [0.2, 0.25) is 0 Å². The zero-order valence-electron chi connectivity index (χ0n) is 11.5. The topological polar surface area (TPSA) is 85.8 Å². The number of carbonyl (C=O) groups is 1.